The molecule has 0 unspecified atom stereocenters. The highest BCUT2D eigenvalue weighted by Crippen LogP contribution is 2.54. The molecule has 2 rings (SSSR count). The Morgan fingerprint density at radius 3 is 1.79 bits per heavy atom. The maximum atomic E-state index is 13.8. The van der Waals surface area contributed by atoms with E-state index in [4.69, 9.17) is 9.05 Å². The highest BCUT2D eigenvalue weighted by atomic mass is 31.2. The van der Waals surface area contributed by atoms with E-state index in [0.717, 1.165) is 11.1 Å². The van der Waals surface area contributed by atoms with E-state index in [1.165, 1.54) is 0 Å². The molecule has 6 heteroatoms. The Morgan fingerprint density at radius 1 is 0.931 bits per heavy atom. The number of nitrogens with one attached hydrogen (secondary N) is 1. The molecule has 29 heavy (non-hydrogen) atoms. The number of benzene rings is 2. The Morgan fingerprint density at radius 2 is 1.41 bits per heavy atom. The first-order valence-corrected chi connectivity index (χ1v) is 11.7. The van der Waals surface area contributed by atoms with Gasteiger partial charge in [-0.05, 0) is 29.9 Å². The van der Waals surface area contributed by atoms with Crippen molar-refractivity contribution in [2.45, 2.75) is 58.7 Å². The Kier molecular flexibility index (Phi) is 9.75. The van der Waals surface area contributed by atoms with Crippen LogP contribution in [0.15, 0.2) is 60.7 Å². The number of hydrogen-bond acceptors (Lipinski definition) is 5. The minimum absolute atomic E-state index is 0.171. The van der Waals surface area contributed by atoms with Gasteiger partial charge in [0.2, 0.25) is 6.29 Å². The van der Waals surface area contributed by atoms with E-state index in [1.54, 1.807) is 0 Å². The summed E-state index contributed by atoms with van der Waals surface area (Å²) >= 11 is 0. The minimum atomic E-state index is -3.56. The molecule has 5 nitrogen and oxygen atoms in total. The van der Waals surface area contributed by atoms with Gasteiger partial charge < -0.3 is 9.05 Å². The Hall–Kier alpha value is -1.78. The molecular weight excluding hydrogens is 385 g/mol. The van der Waals surface area contributed by atoms with Crippen LogP contribution in [0.1, 0.15) is 44.7 Å². The molecular formula is C23H31NO4P. The van der Waals surface area contributed by atoms with E-state index in [-0.39, 0.29) is 13.2 Å². The van der Waals surface area contributed by atoms with Crippen molar-refractivity contribution >= 4 is 13.9 Å². The molecule has 0 aliphatic rings. The summed E-state index contributed by atoms with van der Waals surface area (Å²) in [6.07, 6.45) is 3.13. The van der Waals surface area contributed by atoms with Crippen LogP contribution in [-0.2, 0) is 31.6 Å². The summed E-state index contributed by atoms with van der Waals surface area (Å²) in [4.78, 5) is 11.4. The predicted molar refractivity (Wildman–Crippen MR) is 116 cm³/mol. The van der Waals surface area contributed by atoms with Gasteiger partial charge in [-0.1, -0.05) is 81.4 Å². The summed E-state index contributed by atoms with van der Waals surface area (Å²) in [7, 11) is -3.56. The van der Waals surface area contributed by atoms with Gasteiger partial charge in [-0.15, -0.1) is 0 Å². The minimum Gasteiger partial charge on any atom is -0.303 e. The molecule has 2 atom stereocenters. The Labute approximate surface area is 174 Å². The van der Waals surface area contributed by atoms with Crippen LogP contribution in [0.2, 0.25) is 0 Å². The van der Waals surface area contributed by atoms with Crippen molar-refractivity contribution in [3.05, 3.63) is 71.8 Å². The lowest BCUT2D eigenvalue weighted by Crippen LogP contribution is -2.40. The topological polar surface area (TPSA) is 64.6 Å². The van der Waals surface area contributed by atoms with Crippen molar-refractivity contribution in [1.82, 2.24) is 5.32 Å². The second-order valence-corrected chi connectivity index (χ2v) is 9.67. The highest BCUT2D eigenvalue weighted by molar-refractivity contribution is 7.54. The molecule has 0 saturated heterocycles. The van der Waals surface area contributed by atoms with Crippen molar-refractivity contribution in [1.29, 1.82) is 0 Å². The van der Waals surface area contributed by atoms with Crippen molar-refractivity contribution in [3.63, 3.8) is 0 Å². The third-order valence-electron chi connectivity index (χ3n) is 4.52. The van der Waals surface area contributed by atoms with Crippen LogP contribution in [-0.4, -0.2) is 18.1 Å². The second-order valence-electron chi connectivity index (χ2n) is 7.45. The molecule has 0 aromatic heterocycles. The summed E-state index contributed by atoms with van der Waals surface area (Å²) in [6, 6.07) is 18.6. The van der Waals surface area contributed by atoms with Gasteiger partial charge in [0.25, 0.3) is 0 Å². The van der Waals surface area contributed by atoms with Crippen molar-refractivity contribution in [3.8, 4) is 0 Å². The molecule has 157 valence electrons. The van der Waals surface area contributed by atoms with Crippen molar-refractivity contribution in [2.75, 3.05) is 0 Å². The Balaban J connectivity index is 2.17. The van der Waals surface area contributed by atoms with Gasteiger partial charge in [0, 0.05) is 0 Å². The molecule has 0 saturated carbocycles. The fourth-order valence-electron chi connectivity index (χ4n) is 2.98. The van der Waals surface area contributed by atoms with E-state index in [1.807, 2.05) is 87.7 Å². The standard InChI is InChI=1S/C23H31NO4P/c1-4-23(24-22(16-25)15-19(2)3)29(26,27-17-20-11-7-5-8-12-20)28-18-21-13-9-6-10-14-21/h5-14,19,22-24H,4,15,17-18H2,1-3H3/t22-,23-/m0/s1. The van der Waals surface area contributed by atoms with E-state index in [2.05, 4.69) is 5.32 Å². The van der Waals surface area contributed by atoms with Crippen LogP contribution in [0.3, 0.4) is 0 Å². The third-order valence-corrected chi connectivity index (χ3v) is 6.77. The number of rotatable bonds is 13. The molecule has 0 aliphatic carbocycles. The quantitative estimate of drug-likeness (QED) is 0.439. The Bertz CT molecular complexity index is 719. The first-order valence-electron chi connectivity index (χ1n) is 10.1. The summed E-state index contributed by atoms with van der Waals surface area (Å²) in [6.45, 7) is 6.31. The van der Waals surface area contributed by atoms with Crippen LogP contribution >= 0.6 is 7.60 Å². The fourth-order valence-corrected chi connectivity index (χ4v) is 4.88. The molecule has 0 heterocycles. The highest BCUT2D eigenvalue weighted by Gasteiger charge is 2.36. The molecule has 2 aromatic rings. The van der Waals surface area contributed by atoms with Crippen LogP contribution in [0.25, 0.3) is 0 Å². The van der Waals surface area contributed by atoms with Gasteiger partial charge in [0.05, 0.1) is 19.3 Å². The molecule has 0 spiro atoms. The normalized spacial score (nSPS) is 13.9. The van der Waals surface area contributed by atoms with Gasteiger partial charge in [0.1, 0.15) is 5.78 Å². The summed E-state index contributed by atoms with van der Waals surface area (Å²) in [5.41, 5.74) is 1.82. The average Bonchev–Trinajstić information content (AvgIpc) is 2.75. The van der Waals surface area contributed by atoms with E-state index >= 15 is 0 Å². The molecule has 0 bridgehead atoms. The van der Waals surface area contributed by atoms with Gasteiger partial charge in [0.15, 0.2) is 0 Å². The zero-order chi connectivity index (χ0) is 21.1. The lowest BCUT2D eigenvalue weighted by atomic mass is 10.1. The van der Waals surface area contributed by atoms with E-state index in [0.29, 0.717) is 18.8 Å². The van der Waals surface area contributed by atoms with Crippen molar-refractivity contribution in [2.24, 2.45) is 5.92 Å². The molecule has 0 aliphatic heterocycles. The smallest absolute Gasteiger partial charge is 0.303 e. The molecule has 1 N–H and O–H groups in total. The van der Waals surface area contributed by atoms with Gasteiger partial charge in [-0.25, -0.2) is 0 Å². The summed E-state index contributed by atoms with van der Waals surface area (Å²) < 4.78 is 25.6. The monoisotopic (exact) mass is 416 g/mol. The van der Waals surface area contributed by atoms with Gasteiger partial charge in [-0.2, -0.15) is 0 Å². The summed E-state index contributed by atoms with van der Waals surface area (Å²) in [5, 5.41) is 3.16. The van der Waals surface area contributed by atoms with Crippen LogP contribution < -0.4 is 5.32 Å². The lowest BCUT2D eigenvalue weighted by Gasteiger charge is -2.29. The largest absolute Gasteiger partial charge is 0.348 e. The van der Waals surface area contributed by atoms with E-state index in [9.17, 15) is 9.36 Å². The number of hydrogen-bond donors (Lipinski definition) is 1. The van der Waals surface area contributed by atoms with Crippen LogP contribution in [0, 0.1) is 5.92 Å². The molecule has 1 radical (unpaired) electrons. The first kappa shape index (κ1) is 23.5. The maximum absolute atomic E-state index is 13.8. The molecule has 0 fully saturated rings. The first-order chi connectivity index (χ1) is 14.0. The predicted octanol–water partition coefficient (Wildman–Crippen LogP) is 5.46. The van der Waals surface area contributed by atoms with Gasteiger partial charge in [-0.3, -0.25) is 14.7 Å². The zero-order valence-corrected chi connectivity index (χ0v) is 18.3. The third kappa shape index (κ3) is 7.87. The van der Waals surface area contributed by atoms with Crippen LogP contribution in [0.4, 0.5) is 0 Å². The fraction of sp³-hybridized carbons (Fsp3) is 0.435. The van der Waals surface area contributed by atoms with E-state index < -0.39 is 19.4 Å². The maximum Gasteiger partial charge on any atom is 0.348 e. The second kappa shape index (κ2) is 12.0. The SMILES string of the molecule is CC[C@@H](N[C@H]([C]=O)CC(C)C)P(=O)(OCc1ccccc1)OCc1ccccc1. The molecule has 2 aromatic carbocycles. The van der Waals surface area contributed by atoms with Crippen LogP contribution in [0.5, 0.6) is 0 Å². The van der Waals surface area contributed by atoms with Crippen molar-refractivity contribution < 1.29 is 18.4 Å². The average molecular weight is 416 g/mol. The summed E-state index contributed by atoms with van der Waals surface area (Å²) in [5.74, 6) is -0.290. The molecule has 0 amide bonds. The van der Waals surface area contributed by atoms with Gasteiger partial charge >= 0.3 is 7.60 Å². The zero-order valence-electron chi connectivity index (χ0n) is 17.4. The number of carbonyl (C=O) groups excluding carboxylic acids is 1. The lowest BCUT2D eigenvalue weighted by molar-refractivity contribution is 0.177.